The third-order valence-electron chi connectivity index (χ3n) is 3.14. The Labute approximate surface area is 94.1 Å². The minimum atomic E-state index is 0.673. The second-order valence-electron chi connectivity index (χ2n) is 4.13. The molecule has 0 radical (unpaired) electrons. The summed E-state index contributed by atoms with van der Waals surface area (Å²) in [6.07, 6.45) is 1.26. The van der Waals surface area contributed by atoms with Crippen molar-refractivity contribution in [2.75, 3.05) is 19.6 Å². The molecular weight excluding hydrogens is 182 g/mol. The molecule has 15 heavy (non-hydrogen) atoms. The molecule has 1 aromatic rings. The molecule has 0 fully saturated rings. The fraction of sp³-hybridized carbons (Fsp3) is 0.571. The van der Waals surface area contributed by atoms with Crippen molar-refractivity contribution in [1.82, 2.24) is 4.90 Å². The molecule has 0 bridgehead atoms. The van der Waals surface area contributed by atoms with E-state index in [0.29, 0.717) is 5.92 Å². The molecule has 0 spiro atoms. The van der Waals surface area contributed by atoms with Gasteiger partial charge < -0.3 is 4.90 Å². The second-order valence-corrected chi connectivity index (χ2v) is 4.13. The van der Waals surface area contributed by atoms with Crippen molar-refractivity contribution in [3.05, 3.63) is 35.9 Å². The highest BCUT2D eigenvalue weighted by molar-refractivity contribution is 5.18. The lowest BCUT2D eigenvalue weighted by molar-refractivity contribution is 0.292. The van der Waals surface area contributed by atoms with E-state index in [1.807, 2.05) is 0 Å². The number of rotatable bonds is 6. The molecule has 0 aliphatic carbocycles. The van der Waals surface area contributed by atoms with Gasteiger partial charge in [0.2, 0.25) is 0 Å². The predicted octanol–water partition coefficient (Wildman–Crippen LogP) is 3.52. The van der Waals surface area contributed by atoms with Gasteiger partial charge in [-0.3, -0.25) is 0 Å². The number of hydrogen-bond donors (Lipinski definition) is 0. The lowest BCUT2D eigenvalue weighted by Crippen LogP contribution is -2.24. The molecule has 1 atom stereocenters. The molecule has 0 unspecified atom stereocenters. The van der Waals surface area contributed by atoms with Crippen LogP contribution in [0.3, 0.4) is 0 Å². The van der Waals surface area contributed by atoms with E-state index < -0.39 is 0 Å². The van der Waals surface area contributed by atoms with Gasteiger partial charge in [-0.25, -0.2) is 0 Å². The van der Waals surface area contributed by atoms with Crippen molar-refractivity contribution in [2.24, 2.45) is 0 Å². The molecule has 0 saturated heterocycles. The Kier molecular flexibility index (Phi) is 5.41. The fourth-order valence-corrected chi connectivity index (χ4v) is 1.86. The first-order valence-corrected chi connectivity index (χ1v) is 6.05. The second kappa shape index (κ2) is 6.62. The first-order valence-electron chi connectivity index (χ1n) is 6.05. The summed E-state index contributed by atoms with van der Waals surface area (Å²) < 4.78 is 0. The van der Waals surface area contributed by atoms with Gasteiger partial charge in [-0.15, -0.1) is 0 Å². The molecule has 0 aliphatic heterocycles. The van der Waals surface area contributed by atoms with Crippen LogP contribution in [0.25, 0.3) is 0 Å². The number of benzene rings is 1. The van der Waals surface area contributed by atoms with Crippen LogP contribution in [0.15, 0.2) is 30.3 Å². The van der Waals surface area contributed by atoms with E-state index in [2.05, 4.69) is 56.0 Å². The lowest BCUT2D eigenvalue weighted by Gasteiger charge is -2.20. The van der Waals surface area contributed by atoms with Gasteiger partial charge in [0.15, 0.2) is 0 Å². The molecule has 1 nitrogen and oxygen atoms in total. The highest BCUT2D eigenvalue weighted by Crippen LogP contribution is 2.18. The summed E-state index contributed by atoms with van der Waals surface area (Å²) in [7, 11) is 0. The number of hydrogen-bond acceptors (Lipinski definition) is 1. The van der Waals surface area contributed by atoms with E-state index in [1.165, 1.54) is 18.5 Å². The first kappa shape index (κ1) is 12.3. The normalized spacial score (nSPS) is 13.1. The third kappa shape index (κ3) is 4.05. The molecule has 1 aromatic carbocycles. The van der Waals surface area contributed by atoms with Gasteiger partial charge in [-0.1, -0.05) is 51.1 Å². The quantitative estimate of drug-likeness (QED) is 0.687. The van der Waals surface area contributed by atoms with Gasteiger partial charge in [-0.05, 0) is 37.5 Å². The van der Waals surface area contributed by atoms with Crippen LogP contribution >= 0.6 is 0 Å². The first-order chi connectivity index (χ1) is 7.27. The Morgan fingerprint density at radius 1 is 1.07 bits per heavy atom. The minimum absolute atomic E-state index is 0.673. The average Bonchev–Trinajstić information content (AvgIpc) is 2.31. The molecule has 0 saturated carbocycles. The molecule has 1 heteroatoms. The van der Waals surface area contributed by atoms with Crippen LogP contribution in [-0.4, -0.2) is 24.5 Å². The summed E-state index contributed by atoms with van der Waals surface area (Å²) in [5.41, 5.74) is 1.46. The average molecular weight is 205 g/mol. The third-order valence-corrected chi connectivity index (χ3v) is 3.14. The summed E-state index contributed by atoms with van der Waals surface area (Å²) in [6.45, 7) is 10.3. The molecule has 1 rings (SSSR count). The smallest absolute Gasteiger partial charge is 0.00132 e. The Morgan fingerprint density at radius 3 is 2.20 bits per heavy atom. The molecule has 0 amide bonds. The maximum absolute atomic E-state index is 2.49. The Hall–Kier alpha value is -0.820. The summed E-state index contributed by atoms with van der Waals surface area (Å²) in [5, 5.41) is 0. The van der Waals surface area contributed by atoms with Crippen molar-refractivity contribution >= 4 is 0 Å². The monoisotopic (exact) mass is 205 g/mol. The van der Waals surface area contributed by atoms with Crippen LogP contribution in [0.5, 0.6) is 0 Å². The van der Waals surface area contributed by atoms with E-state index in [9.17, 15) is 0 Å². The van der Waals surface area contributed by atoms with Crippen LogP contribution in [-0.2, 0) is 0 Å². The van der Waals surface area contributed by atoms with Gasteiger partial charge in [0, 0.05) is 0 Å². The van der Waals surface area contributed by atoms with E-state index in [1.54, 1.807) is 0 Å². The zero-order chi connectivity index (χ0) is 11.1. The van der Waals surface area contributed by atoms with Gasteiger partial charge >= 0.3 is 0 Å². The Bertz CT molecular complexity index is 251. The van der Waals surface area contributed by atoms with Crippen molar-refractivity contribution < 1.29 is 0 Å². The van der Waals surface area contributed by atoms with Crippen molar-refractivity contribution in [1.29, 1.82) is 0 Å². The molecule has 0 aliphatic rings. The van der Waals surface area contributed by atoms with Crippen LogP contribution in [0, 0.1) is 0 Å². The molecule has 84 valence electrons. The van der Waals surface area contributed by atoms with Crippen LogP contribution in [0.1, 0.15) is 38.7 Å². The number of nitrogens with zero attached hydrogens (tertiary/aromatic N) is 1. The highest BCUT2D eigenvalue weighted by atomic mass is 15.1. The van der Waals surface area contributed by atoms with Crippen molar-refractivity contribution in [3.8, 4) is 0 Å². The molecule has 0 N–H and O–H groups in total. The maximum Gasteiger partial charge on any atom is -0.00132 e. The SMILES string of the molecule is CCN(CC)CC[C@H](C)c1ccccc1. The van der Waals surface area contributed by atoms with Gasteiger partial charge in [0.25, 0.3) is 0 Å². The minimum Gasteiger partial charge on any atom is -0.304 e. The van der Waals surface area contributed by atoms with E-state index in [4.69, 9.17) is 0 Å². The highest BCUT2D eigenvalue weighted by Gasteiger charge is 2.06. The van der Waals surface area contributed by atoms with E-state index in [-0.39, 0.29) is 0 Å². The summed E-state index contributed by atoms with van der Waals surface area (Å²) in [4.78, 5) is 2.49. The van der Waals surface area contributed by atoms with Gasteiger partial charge in [-0.2, -0.15) is 0 Å². The Balaban J connectivity index is 2.39. The Morgan fingerprint density at radius 2 is 1.67 bits per heavy atom. The largest absolute Gasteiger partial charge is 0.304 e. The zero-order valence-electron chi connectivity index (χ0n) is 10.2. The maximum atomic E-state index is 2.49. The van der Waals surface area contributed by atoms with E-state index >= 15 is 0 Å². The molecule has 0 heterocycles. The summed E-state index contributed by atoms with van der Waals surface area (Å²) >= 11 is 0. The molecule has 0 aromatic heterocycles. The zero-order valence-corrected chi connectivity index (χ0v) is 10.2. The van der Waals surface area contributed by atoms with Crippen LogP contribution in [0.2, 0.25) is 0 Å². The standard InChI is InChI=1S/C14H23N/c1-4-15(5-2)12-11-13(3)14-9-7-6-8-10-14/h6-10,13H,4-5,11-12H2,1-3H3/t13-/m0/s1. The fourth-order valence-electron chi connectivity index (χ4n) is 1.86. The lowest BCUT2D eigenvalue weighted by atomic mass is 9.98. The molecular formula is C14H23N. The summed E-state index contributed by atoms with van der Waals surface area (Å²) in [6, 6.07) is 10.8. The summed E-state index contributed by atoms with van der Waals surface area (Å²) in [5.74, 6) is 0.673. The topological polar surface area (TPSA) is 3.24 Å². The van der Waals surface area contributed by atoms with Crippen LogP contribution < -0.4 is 0 Å². The predicted molar refractivity (Wildman–Crippen MR) is 67.3 cm³/mol. The van der Waals surface area contributed by atoms with Crippen LogP contribution in [0.4, 0.5) is 0 Å². The van der Waals surface area contributed by atoms with Crippen molar-refractivity contribution in [3.63, 3.8) is 0 Å². The van der Waals surface area contributed by atoms with Gasteiger partial charge in [0.05, 0.1) is 0 Å². The van der Waals surface area contributed by atoms with Gasteiger partial charge in [0.1, 0.15) is 0 Å². The van der Waals surface area contributed by atoms with E-state index in [0.717, 1.165) is 13.1 Å². The van der Waals surface area contributed by atoms with Crippen molar-refractivity contribution in [2.45, 2.75) is 33.1 Å².